The highest BCUT2D eigenvalue weighted by Gasteiger charge is 2.38. The van der Waals surface area contributed by atoms with Gasteiger partial charge in [0.15, 0.2) is 0 Å². The first-order valence-electron chi connectivity index (χ1n) is 8.91. The van der Waals surface area contributed by atoms with Gasteiger partial charge in [0.05, 0.1) is 5.56 Å². The number of alkyl halides is 3. The average Bonchev–Trinajstić information content (AvgIpc) is 3.25. The number of carbonyl (C=O) groups excluding carboxylic acids is 1. The molecule has 1 aliphatic rings. The van der Waals surface area contributed by atoms with Crippen molar-refractivity contribution in [1.29, 1.82) is 0 Å². The summed E-state index contributed by atoms with van der Waals surface area (Å²) >= 11 is 0. The third-order valence-corrected chi connectivity index (χ3v) is 4.60. The summed E-state index contributed by atoms with van der Waals surface area (Å²) in [6, 6.07) is 6.00. The fourth-order valence-corrected chi connectivity index (χ4v) is 3.03. The molecule has 0 atom stereocenters. The number of aromatic amines is 1. The normalized spacial score (nSPS) is 14.8. The Morgan fingerprint density at radius 3 is 2.43 bits per heavy atom. The van der Waals surface area contributed by atoms with E-state index in [0.717, 1.165) is 0 Å². The lowest BCUT2D eigenvalue weighted by molar-refractivity contribution is -0.159. The number of halogens is 3. The SMILES string of the molecule is O=C(c1ccc(=O)[nH]c1)N1CCN(c2ccc(-c3noc(C(F)(F)F)n3)cn2)CC1. The number of amides is 1. The predicted molar refractivity (Wildman–Crippen MR) is 97.7 cm³/mol. The molecule has 156 valence electrons. The summed E-state index contributed by atoms with van der Waals surface area (Å²) in [5.74, 6) is -1.16. The van der Waals surface area contributed by atoms with Gasteiger partial charge in [0.1, 0.15) is 5.82 Å². The molecule has 1 fully saturated rings. The largest absolute Gasteiger partial charge is 0.471 e. The number of rotatable bonds is 3. The third-order valence-electron chi connectivity index (χ3n) is 4.60. The summed E-state index contributed by atoms with van der Waals surface area (Å²) < 4.78 is 42.0. The van der Waals surface area contributed by atoms with Crippen LogP contribution in [0.4, 0.5) is 19.0 Å². The smallest absolute Gasteiger partial charge is 0.353 e. The Bertz CT molecular complexity index is 1080. The van der Waals surface area contributed by atoms with Gasteiger partial charge in [-0.2, -0.15) is 18.2 Å². The van der Waals surface area contributed by atoms with Crippen LogP contribution in [-0.4, -0.2) is 57.1 Å². The van der Waals surface area contributed by atoms with E-state index in [4.69, 9.17) is 0 Å². The minimum atomic E-state index is -4.70. The van der Waals surface area contributed by atoms with E-state index < -0.39 is 12.1 Å². The van der Waals surface area contributed by atoms with Crippen LogP contribution in [-0.2, 0) is 6.18 Å². The molecule has 4 heterocycles. The zero-order valence-electron chi connectivity index (χ0n) is 15.4. The molecule has 1 amide bonds. The minimum absolute atomic E-state index is 0.174. The van der Waals surface area contributed by atoms with Crippen LogP contribution in [0.5, 0.6) is 0 Å². The van der Waals surface area contributed by atoms with Gasteiger partial charge in [0.25, 0.3) is 5.91 Å². The Hall–Kier alpha value is -3.70. The summed E-state index contributed by atoms with van der Waals surface area (Å²) in [5, 5.41) is 3.33. The van der Waals surface area contributed by atoms with Crippen molar-refractivity contribution in [1.82, 2.24) is 25.0 Å². The van der Waals surface area contributed by atoms with Crippen molar-refractivity contribution < 1.29 is 22.5 Å². The number of anilines is 1. The number of nitrogens with zero attached hydrogens (tertiary/aromatic N) is 5. The molecule has 12 heteroatoms. The van der Waals surface area contributed by atoms with Crippen molar-refractivity contribution in [3.05, 3.63) is 58.5 Å². The van der Waals surface area contributed by atoms with Gasteiger partial charge in [0.2, 0.25) is 11.4 Å². The molecular formula is C18H15F3N6O3. The highest BCUT2D eigenvalue weighted by Crippen LogP contribution is 2.29. The number of hydrogen-bond acceptors (Lipinski definition) is 7. The third kappa shape index (κ3) is 4.02. The van der Waals surface area contributed by atoms with Gasteiger partial charge >= 0.3 is 12.1 Å². The molecule has 30 heavy (non-hydrogen) atoms. The second-order valence-corrected chi connectivity index (χ2v) is 6.55. The summed E-state index contributed by atoms with van der Waals surface area (Å²) in [6.45, 7) is 1.98. The van der Waals surface area contributed by atoms with Crippen LogP contribution in [0, 0.1) is 0 Å². The second kappa shape index (κ2) is 7.61. The van der Waals surface area contributed by atoms with Crippen LogP contribution in [0.15, 0.2) is 46.0 Å². The van der Waals surface area contributed by atoms with Crippen molar-refractivity contribution >= 4 is 11.7 Å². The average molecular weight is 420 g/mol. The molecule has 1 N–H and O–H groups in total. The number of carbonyl (C=O) groups is 1. The molecule has 0 aromatic carbocycles. The Morgan fingerprint density at radius 1 is 1.10 bits per heavy atom. The van der Waals surface area contributed by atoms with E-state index in [2.05, 4.69) is 24.6 Å². The molecule has 3 aromatic heterocycles. The number of hydrogen-bond donors (Lipinski definition) is 1. The Balaban J connectivity index is 1.39. The van der Waals surface area contributed by atoms with E-state index in [1.54, 1.807) is 17.0 Å². The van der Waals surface area contributed by atoms with Gasteiger partial charge in [-0.05, 0) is 18.2 Å². The summed E-state index contributed by atoms with van der Waals surface area (Å²) in [4.78, 5) is 37.3. The van der Waals surface area contributed by atoms with E-state index in [0.29, 0.717) is 43.1 Å². The van der Waals surface area contributed by atoms with E-state index >= 15 is 0 Å². The Kier molecular flexibility index (Phi) is 4.98. The first-order valence-corrected chi connectivity index (χ1v) is 8.91. The number of aromatic nitrogens is 4. The van der Waals surface area contributed by atoms with E-state index in [1.165, 1.54) is 24.5 Å². The molecule has 0 spiro atoms. The maximum Gasteiger partial charge on any atom is 0.471 e. The topological polar surface area (TPSA) is 108 Å². The molecule has 1 saturated heterocycles. The van der Waals surface area contributed by atoms with Crippen molar-refractivity contribution in [2.45, 2.75) is 6.18 Å². The lowest BCUT2D eigenvalue weighted by Crippen LogP contribution is -2.49. The lowest BCUT2D eigenvalue weighted by Gasteiger charge is -2.35. The number of H-pyrrole nitrogens is 1. The molecule has 0 unspecified atom stereocenters. The zero-order valence-corrected chi connectivity index (χ0v) is 15.4. The van der Waals surface area contributed by atoms with Crippen LogP contribution in [0.2, 0.25) is 0 Å². The van der Waals surface area contributed by atoms with Crippen LogP contribution < -0.4 is 10.5 Å². The summed E-state index contributed by atoms with van der Waals surface area (Å²) in [7, 11) is 0. The quantitative estimate of drug-likeness (QED) is 0.688. The van der Waals surface area contributed by atoms with E-state index in [9.17, 15) is 22.8 Å². The first kappa shape index (κ1) is 19.6. The standard InChI is InChI=1S/C18H15F3N6O3/c19-18(20,21)17-24-15(25-30-17)11-1-3-13(22-9-11)26-5-7-27(8-6-26)16(29)12-2-4-14(28)23-10-12/h1-4,9-10H,5-8H2,(H,23,28). The second-order valence-electron chi connectivity index (χ2n) is 6.55. The number of nitrogens with one attached hydrogen (secondary N) is 1. The van der Waals surface area contributed by atoms with Gasteiger partial charge < -0.3 is 19.3 Å². The zero-order chi connectivity index (χ0) is 21.3. The van der Waals surface area contributed by atoms with Gasteiger partial charge in [0, 0.05) is 50.2 Å². The molecule has 1 aliphatic heterocycles. The number of piperazine rings is 1. The lowest BCUT2D eigenvalue weighted by atomic mass is 10.2. The molecule has 0 radical (unpaired) electrons. The minimum Gasteiger partial charge on any atom is -0.353 e. The summed E-state index contributed by atoms with van der Waals surface area (Å²) in [6.07, 6.45) is -1.94. The first-order chi connectivity index (χ1) is 14.3. The molecule has 0 saturated carbocycles. The van der Waals surface area contributed by atoms with Gasteiger partial charge in [-0.1, -0.05) is 5.16 Å². The van der Waals surface area contributed by atoms with Crippen molar-refractivity contribution in [2.75, 3.05) is 31.1 Å². The van der Waals surface area contributed by atoms with Gasteiger partial charge in [-0.25, -0.2) is 4.98 Å². The van der Waals surface area contributed by atoms with Crippen molar-refractivity contribution in [3.63, 3.8) is 0 Å². The molecule has 0 aliphatic carbocycles. The van der Waals surface area contributed by atoms with Gasteiger partial charge in [-0.3, -0.25) is 9.59 Å². The van der Waals surface area contributed by atoms with E-state index in [-0.39, 0.29) is 17.3 Å². The van der Waals surface area contributed by atoms with Gasteiger partial charge in [-0.15, -0.1) is 0 Å². The van der Waals surface area contributed by atoms with Crippen LogP contribution in [0.1, 0.15) is 16.2 Å². The fraction of sp³-hybridized carbons (Fsp3) is 0.278. The van der Waals surface area contributed by atoms with Crippen molar-refractivity contribution in [3.8, 4) is 11.4 Å². The molecule has 9 nitrogen and oxygen atoms in total. The highest BCUT2D eigenvalue weighted by atomic mass is 19.4. The molecule has 0 bridgehead atoms. The van der Waals surface area contributed by atoms with Crippen LogP contribution in [0.25, 0.3) is 11.4 Å². The van der Waals surface area contributed by atoms with Crippen LogP contribution >= 0.6 is 0 Å². The molecular weight excluding hydrogens is 405 g/mol. The highest BCUT2D eigenvalue weighted by molar-refractivity contribution is 5.94. The van der Waals surface area contributed by atoms with Crippen molar-refractivity contribution in [2.24, 2.45) is 0 Å². The summed E-state index contributed by atoms with van der Waals surface area (Å²) in [5.41, 5.74) is 0.426. The Morgan fingerprint density at radius 2 is 1.87 bits per heavy atom. The van der Waals surface area contributed by atoms with Crippen LogP contribution in [0.3, 0.4) is 0 Å². The van der Waals surface area contributed by atoms with E-state index in [1.807, 2.05) is 4.90 Å². The maximum atomic E-state index is 12.6. The number of pyridine rings is 2. The monoisotopic (exact) mass is 420 g/mol. The Labute approximate surface area is 167 Å². The molecule has 4 rings (SSSR count). The predicted octanol–water partition coefficient (Wildman–Crippen LogP) is 1.80. The molecule has 3 aromatic rings. The maximum absolute atomic E-state index is 12.6. The fourth-order valence-electron chi connectivity index (χ4n) is 3.03.